The molecule has 1 heterocycles. The van der Waals surface area contributed by atoms with E-state index in [0.29, 0.717) is 11.5 Å². The van der Waals surface area contributed by atoms with E-state index in [2.05, 4.69) is 4.90 Å². The van der Waals surface area contributed by atoms with Gasteiger partial charge in [0.2, 0.25) is 0 Å². The average molecular weight is 295 g/mol. The Bertz CT molecular complexity index is 500. The molecule has 1 aromatic rings. The number of hydrogen-bond acceptors (Lipinski definition) is 2. The van der Waals surface area contributed by atoms with E-state index in [-0.39, 0.29) is 0 Å². The van der Waals surface area contributed by atoms with Crippen molar-refractivity contribution in [2.75, 3.05) is 26.2 Å². The van der Waals surface area contributed by atoms with Crippen LogP contribution in [0.15, 0.2) is 18.2 Å². The molecule has 1 aliphatic carbocycles. The first-order chi connectivity index (χ1) is 10.1. The van der Waals surface area contributed by atoms with E-state index in [0.717, 1.165) is 38.2 Å². The summed E-state index contributed by atoms with van der Waals surface area (Å²) in [5, 5.41) is 0. The van der Waals surface area contributed by atoms with Crippen LogP contribution < -0.4 is 0 Å². The highest BCUT2D eigenvalue weighted by Gasteiger charge is 2.48. The second-order valence-corrected chi connectivity index (χ2v) is 6.51. The second-order valence-electron chi connectivity index (χ2n) is 6.51. The van der Waals surface area contributed by atoms with Gasteiger partial charge in [-0.15, -0.1) is 0 Å². The lowest BCUT2D eigenvalue weighted by molar-refractivity contribution is -0.0715. The Kier molecular flexibility index (Phi) is 4.27. The molecule has 1 aliphatic heterocycles. The quantitative estimate of drug-likeness (QED) is 0.825. The van der Waals surface area contributed by atoms with Gasteiger partial charge >= 0.3 is 0 Å². The van der Waals surface area contributed by atoms with Gasteiger partial charge in [-0.25, -0.2) is 8.78 Å². The van der Waals surface area contributed by atoms with Crippen LogP contribution in [0.4, 0.5) is 8.78 Å². The third kappa shape index (κ3) is 3.27. The fourth-order valence-electron chi connectivity index (χ4n) is 3.79. The molecule has 2 fully saturated rings. The first-order valence-corrected chi connectivity index (χ1v) is 7.88. The average Bonchev–Trinajstić information content (AvgIpc) is 2.85. The maximum atomic E-state index is 13.2. The van der Waals surface area contributed by atoms with Crippen LogP contribution in [0.3, 0.4) is 0 Å². The van der Waals surface area contributed by atoms with Crippen LogP contribution in [0.5, 0.6) is 0 Å². The molecular formula is C17H23F2NO. The van der Waals surface area contributed by atoms with Crippen molar-refractivity contribution in [2.24, 2.45) is 5.41 Å². The van der Waals surface area contributed by atoms with E-state index < -0.39 is 11.6 Å². The molecule has 0 N–H and O–H groups in total. The van der Waals surface area contributed by atoms with Crippen molar-refractivity contribution in [2.45, 2.75) is 38.7 Å². The third-order valence-corrected chi connectivity index (χ3v) is 4.94. The van der Waals surface area contributed by atoms with Gasteiger partial charge in [-0.2, -0.15) is 0 Å². The number of ether oxygens (including phenoxy) is 1. The molecule has 21 heavy (non-hydrogen) atoms. The highest BCUT2D eigenvalue weighted by atomic mass is 19.2. The largest absolute Gasteiger partial charge is 0.378 e. The molecule has 0 unspecified atom stereocenters. The molecule has 0 bridgehead atoms. The molecule has 1 aromatic carbocycles. The maximum absolute atomic E-state index is 13.2. The van der Waals surface area contributed by atoms with Gasteiger partial charge in [-0.05, 0) is 62.3 Å². The van der Waals surface area contributed by atoms with E-state index in [1.165, 1.54) is 31.4 Å². The Labute approximate surface area is 125 Å². The summed E-state index contributed by atoms with van der Waals surface area (Å²) in [5.74, 6) is -1.51. The molecule has 1 saturated carbocycles. The van der Waals surface area contributed by atoms with E-state index >= 15 is 0 Å². The summed E-state index contributed by atoms with van der Waals surface area (Å²) in [7, 11) is 0. The topological polar surface area (TPSA) is 12.5 Å². The van der Waals surface area contributed by atoms with E-state index in [9.17, 15) is 8.78 Å². The lowest BCUT2D eigenvalue weighted by Crippen LogP contribution is -2.44. The Morgan fingerprint density at radius 1 is 1.29 bits per heavy atom. The molecule has 0 aromatic heterocycles. The number of benzene rings is 1. The molecule has 3 rings (SSSR count). The highest BCUT2D eigenvalue weighted by molar-refractivity contribution is 5.18. The minimum absolute atomic E-state index is 0.459. The Morgan fingerprint density at radius 3 is 2.81 bits per heavy atom. The van der Waals surface area contributed by atoms with Crippen molar-refractivity contribution in [1.29, 1.82) is 0 Å². The summed E-state index contributed by atoms with van der Waals surface area (Å²) in [6.45, 7) is 6.02. The van der Waals surface area contributed by atoms with Crippen LogP contribution in [0.2, 0.25) is 0 Å². The minimum atomic E-state index is -0.768. The van der Waals surface area contributed by atoms with Crippen molar-refractivity contribution in [3.05, 3.63) is 35.4 Å². The lowest BCUT2D eigenvalue weighted by atomic mass is 9.66. The predicted molar refractivity (Wildman–Crippen MR) is 78.2 cm³/mol. The molecule has 2 nitrogen and oxygen atoms in total. The minimum Gasteiger partial charge on any atom is -0.378 e. The molecular weight excluding hydrogens is 272 g/mol. The van der Waals surface area contributed by atoms with E-state index in [1.54, 1.807) is 6.07 Å². The van der Waals surface area contributed by atoms with Crippen molar-refractivity contribution in [3.8, 4) is 0 Å². The standard InChI is InChI=1S/C17H23F2NO/c1-2-21-14-10-17(11-14)6-8-20(12-17)7-5-13-3-4-15(18)16(19)9-13/h3-4,9,14H,2,5-8,10-12H2,1H3. The molecule has 116 valence electrons. The molecule has 0 radical (unpaired) electrons. The smallest absolute Gasteiger partial charge is 0.159 e. The van der Waals surface area contributed by atoms with Crippen molar-refractivity contribution in [1.82, 2.24) is 4.90 Å². The molecule has 1 saturated heterocycles. The summed E-state index contributed by atoms with van der Waals surface area (Å²) in [5.41, 5.74) is 1.34. The number of likely N-dealkylation sites (tertiary alicyclic amines) is 1. The number of rotatable bonds is 5. The van der Waals surface area contributed by atoms with Crippen LogP contribution in [0.1, 0.15) is 31.7 Å². The Hall–Kier alpha value is -1.00. The van der Waals surface area contributed by atoms with Gasteiger partial charge in [0.1, 0.15) is 0 Å². The first kappa shape index (κ1) is 14.9. The Balaban J connectivity index is 1.46. The van der Waals surface area contributed by atoms with Gasteiger partial charge in [0, 0.05) is 19.7 Å². The summed E-state index contributed by atoms with van der Waals surface area (Å²) in [6, 6.07) is 4.21. The molecule has 1 spiro atoms. The van der Waals surface area contributed by atoms with Crippen LogP contribution in [0.25, 0.3) is 0 Å². The Morgan fingerprint density at radius 2 is 2.10 bits per heavy atom. The second kappa shape index (κ2) is 6.01. The summed E-state index contributed by atoms with van der Waals surface area (Å²) in [4.78, 5) is 2.45. The number of hydrogen-bond donors (Lipinski definition) is 0. The maximum Gasteiger partial charge on any atom is 0.159 e. The normalized spacial score (nSPS) is 29.0. The van der Waals surface area contributed by atoms with Gasteiger partial charge < -0.3 is 9.64 Å². The van der Waals surface area contributed by atoms with Crippen molar-refractivity contribution >= 4 is 0 Å². The molecule has 0 amide bonds. The fraction of sp³-hybridized carbons (Fsp3) is 0.647. The van der Waals surface area contributed by atoms with Gasteiger partial charge in [-0.1, -0.05) is 6.07 Å². The van der Waals surface area contributed by atoms with Crippen molar-refractivity contribution in [3.63, 3.8) is 0 Å². The van der Waals surface area contributed by atoms with E-state index in [4.69, 9.17) is 4.74 Å². The molecule has 4 heteroatoms. The van der Waals surface area contributed by atoms with Gasteiger partial charge in [0.15, 0.2) is 11.6 Å². The van der Waals surface area contributed by atoms with Crippen LogP contribution in [-0.2, 0) is 11.2 Å². The predicted octanol–water partition coefficient (Wildman–Crippen LogP) is 3.40. The van der Waals surface area contributed by atoms with Crippen LogP contribution >= 0.6 is 0 Å². The number of halogens is 2. The van der Waals surface area contributed by atoms with Gasteiger partial charge in [0.05, 0.1) is 6.10 Å². The zero-order chi connectivity index (χ0) is 14.9. The molecule has 0 atom stereocenters. The fourth-order valence-corrected chi connectivity index (χ4v) is 3.79. The zero-order valence-corrected chi connectivity index (χ0v) is 12.6. The SMILES string of the molecule is CCOC1CC2(CCN(CCc3ccc(F)c(F)c3)C2)C1. The summed E-state index contributed by atoms with van der Waals surface area (Å²) >= 11 is 0. The summed E-state index contributed by atoms with van der Waals surface area (Å²) < 4.78 is 31.7. The lowest BCUT2D eigenvalue weighted by Gasteiger charge is -2.44. The van der Waals surface area contributed by atoms with Crippen LogP contribution in [-0.4, -0.2) is 37.2 Å². The zero-order valence-electron chi connectivity index (χ0n) is 12.6. The highest BCUT2D eigenvalue weighted by Crippen LogP contribution is 2.49. The monoisotopic (exact) mass is 295 g/mol. The first-order valence-electron chi connectivity index (χ1n) is 7.88. The van der Waals surface area contributed by atoms with Gasteiger partial charge in [0.25, 0.3) is 0 Å². The summed E-state index contributed by atoms with van der Waals surface area (Å²) in [6.07, 6.45) is 4.85. The number of nitrogens with zero attached hydrogens (tertiary/aromatic N) is 1. The molecule has 2 aliphatic rings. The van der Waals surface area contributed by atoms with Crippen LogP contribution in [0, 0.1) is 17.0 Å². The van der Waals surface area contributed by atoms with Crippen molar-refractivity contribution < 1.29 is 13.5 Å². The van der Waals surface area contributed by atoms with E-state index in [1.807, 2.05) is 6.92 Å². The third-order valence-electron chi connectivity index (χ3n) is 4.94. The van der Waals surface area contributed by atoms with Gasteiger partial charge in [-0.3, -0.25) is 0 Å².